The monoisotopic (exact) mass is 442 g/mol. The van der Waals surface area contributed by atoms with E-state index in [4.69, 9.17) is 4.18 Å². The summed E-state index contributed by atoms with van der Waals surface area (Å²) in [5.74, 6) is 1.53. The van der Waals surface area contributed by atoms with Crippen LogP contribution in [0.4, 0.5) is 18.0 Å². The lowest BCUT2D eigenvalue weighted by molar-refractivity contribution is -0.137. The molecule has 4 saturated carbocycles. The SMILES string of the molecule is O=C1CS(OC(=O)NC23CC4CC(CC(C4)C2)C3)(c2cccc(C(F)(F)F)c2)CN1. The van der Waals surface area contributed by atoms with E-state index in [1.807, 2.05) is 0 Å². The van der Waals surface area contributed by atoms with Crippen LogP contribution in [0, 0.1) is 17.8 Å². The molecule has 164 valence electrons. The lowest BCUT2D eigenvalue weighted by atomic mass is 9.53. The van der Waals surface area contributed by atoms with Crippen LogP contribution in [0.1, 0.15) is 44.1 Å². The van der Waals surface area contributed by atoms with E-state index in [9.17, 15) is 22.8 Å². The second-order valence-corrected chi connectivity index (χ2v) is 12.3. The minimum atomic E-state index is -4.51. The summed E-state index contributed by atoms with van der Waals surface area (Å²) >= 11 is 0. The van der Waals surface area contributed by atoms with Crippen molar-refractivity contribution in [2.75, 3.05) is 11.6 Å². The normalized spacial score (nSPS) is 39.3. The van der Waals surface area contributed by atoms with E-state index < -0.39 is 28.1 Å². The predicted octanol–water partition coefficient (Wildman–Crippen LogP) is 4.57. The Morgan fingerprint density at radius 1 is 1.13 bits per heavy atom. The molecule has 1 aromatic carbocycles. The van der Waals surface area contributed by atoms with Crippen LogP contribution in [0.2, 0.25) is 0 Å². The van der Waals surface area contributed by atoms with E-state index in [2.05, 4.69) is 10.6 Å². The van der Waals surface area contributed by atoms with Gasteiger partial charge in [-0.05, 0) is 84.8 Å². The van der Waals surface area contributed by atoms with Crippen LogP contribution in [0.15, 0.2) is 29.2 Å². The Morgan fingerprint density at radius 3 is 2.30 bits per heavy atom. The van der Waals surface area contributed by atoms with Gasteiger partial charge >= 0.3 is 12.3 Å². The first-order chi connectivity index (χ1) is 14.1. The fourth-order valence-electron chi connectivity index (χ4n) is 6.33. The Morgan fingerprint density at radius 2 is 1.77 bits per heavy atom. The Labute approximate surface area is 174 Å². The molecule has 6 rings (SSSR count). The molecule has 1 atom stereocenters. The first kappa shape index (κ1) is 20.0. The highest BCUT2D eigenvalue weighted by Crippen LogP contribution is 2.60. The van der Waals surface area contributed by atoms with Crippen LogP contribution in [0.25, 0.3) is 0 Å². The number of rotatable bonds is 3. The van der Waals surface area contributed by atoms with Crippen LogP contribution < -0.4 is 10.6 Å². The smallest absolute Gasteiger partial charge is 0.392 e. The summed E-state index contributed by atoms with van der Waals surface area (Å²) in [5.41, 5.74) is -1.08. The van der Waals surface area contributed by atoms with Gasteiger partial charge in [0.25, 0.3) is 0 Å². The molecular formula is C21H25F3N2O3S. The van der Waals surface area contributed by atoms with Crippen molar-refractivity contribution in [1.29, 1.82) is 0 Å². The quantitative estimate of drug-likeness (QED) is 0.721. The van der Waals surface area contributed by atoms with Gasteiger partial charge < -0.3 is 14.8 Å². The highest BCUT2D eigenvalue weighted by molar-refractivity contribution is 8.31. The molecule has 5 nitrogen and oxygen atoms in total. The van der Waals surface area contributed by atoms with Crippen molar-refractivity contribution in [1.82, 2.24) is 10.6 Å². The van der Waals surface area contributed by atoms with Crippen molar-refractivity contribution in [3.05, 3.63) is 29.8 Å². The number of hydrogen-bond donors (Lipinski definition) is 2. The second kappa shape index (κ2) is 6.80. The molecule has 1 aromatic rings. The molecule has 4 aliphatic carbocycles. The fraction of sp³-hybridized carbons (Fsp3) is 0.619. The lowest BCUT2D eigenvalue weighted by Gasteiger charge is -2.56. The van der Waals surface area contributed by atoms with E-state index in [1.165, 1.54) is 31.4 Å². The van der Waals surface area contributed by atoms with Crippen LogP contribution in [-0.2, 0) is 15.2 Å². The molecule has 2 N–H and O–H groups in total. The van der Waals surface area contributed by atoms with Crippen molar-refractivity contribution in [2.24, 2.45) is 17.8 Å². The number of nitrogens with one attached hydrogen (secondary N) is 2. The summed E-state index contributed by atoms with van der Waals surface area (Å²) in [6.07, 6.45) is 1.40. The number of benzene rings is 1. The molecule has 1 unspecified atom stereocenters. The van der Waals surface area contributed by atoms with Gasteiger partial charge in [0.15, 0.2) is 0 Å². The molecule has 1 aliphatic heterocycles. The summed E-state index contributed by atoms with van der Waals surface area (Å²) in [7, 11) is -2.53. The molecule has 2 amide bonds. The topological polar surface area (TPSA) is 67.4 Å². The molecule has 9 heteroatoms. The average molecular weight is 443 g/mol. The van der Waals surface area contributed by atoms with Gasteiger partial charge in [0.2, 0.25) is 5.91 Å². The zero-order valence-corrected chi connectivity index (χ0v) is 17.3. The molecule has 1 heterocycles. The van der Waals surface area contributed by atoms with Crippen molar-refractivity contribution < 1.29 is 26.9 Å². The van der Waals surface area contributed by atoms with E-state index >= 15 is 0 Å². The van der Waals surface area contributed by atoms with Gasteiger partial charge in [-0.3, -0.25) is 4.79 Å². The van der Waals surface area contributed by atoms with Crippen molar-refractivity contribution in [2.45, 2.75) is 55.1 Å². The Hall–Kier alpha value is -1.90. The van der Waals surface area contributed by atoms with E-state index in [-0.39, 0.29) is 28.0 Å². The third-order valence-electron chi connectivity index (χ3n) is 7.10. The van der Waals surface area contributed by atoms with Crippen LogP contribution in [0.5, 0.6) is 0 Å². The van der Waals surface area contributed by atoms with Gasteiger partial charge in [0, 0.05) is 10.4 Å². The van der Waals surface area contributed by atoms with Gasteiger partial charge in [-0.15, -0.1) is 0 Å². The van der Waals surface area contributed by atoms with Gasteiger partial charge in [-0.2, -0.15) is 13.2 Å². The number of halogens is 3. The van der Waals surface area contributed by atoms with Crippen LogP contribution in [0.3, 0.4) is 0 Å². The molecule has 1 saturated heterocycles. The number of carbonyl (C=O) groups excluding carboxylic acids is 2. The van der Waals surface area contributed by atoms with Crippen molar-refractivity contribution in [3.8, 4) is 0 Å². The highest BCUT2D eigenvalue weighted by atomic mass is 32.3. The molecule has 5 aliphatic rings. The molecule has 0 radical (unpaired) electrons. The Balaban J connectivity index is 1.38. The standard InChI is InChI=1S/C21H25F3N2O3S/c22-21(23,24)16-2-1-3-17(7-16)30(11-18(27)25-12-30)29-19(28)26-20-8-13-4-14(9-20)6-15(5-13)10-20/h1-3,7,13-15H,4-6,8-12H2,(H,25,27)(H,26,28). The maximum atomic E-state index is 13.2. The van der Waals surface area contributed by atoms with Gasteiger partial charge in [0.05, 0.1) is 17.2 Å². The summed E-state index contributed by atoms with van der Waals surface area (Å²) in [5, 5.41) is 5.75. The molecule has 30 heavy (non-hydrogen) atoms. The molecule has 0 spiro atoms. The number of amides is 2. The lowest BCUT2D eigenvalue weighted by Crippen LogP contribution is -2.60. The summed E-state index contributed by atoms with van der Waals surface area (Å²) < 4.78 is 45.5. The highest BCUT2D eigenvalue weighted by Gasteiger charge is 2.52. The third kappa shape index (κ3) is 3.55. The third-order valence-corrected chi connectivity index (χ3v) is 10.0. The maximum absolute atomic E-state index is 13.2. The zero-order valence-electron chi connectivity index (χ0n) is 16.5. The van der Waals surface area contributed by atoms with Gasteiger partial charge in [-0.25, -0.2) is 4.79 Å². The average Bonchev–Trinajstić information content (AvgIpc) is 3.01. The Bertz CT molecular complexity index is 855. The fourth-order valence-corrected chi connectivity index (χ4v) is 8.90. The molecular weight excluding hydrogens is 417 g/mol. The minimum Gasteiger partial charge on any atom is -0.392 e. The molecule has 5 fully saturated rings. The van der Waals surface area contributed by atoms with E-state index in [0.717, 1.165) is 31.4 Å². The number of hydrogen-bond acceptors (Lipinski definition) is 3. The van der Waals surface area contributed by atoms with E-state index in [1.54, 1.807) is 0 Å². The maximum Gasteiger partial charge on any atom is 0.418 e. The van der Waals surface area contributed by atoms with Crippen molar-refractivity contribution >= 4 is 22.3 Å². The zero-order chi connectivity index (χ0) is 21.1. The largest absolute Gasteiger partial charge is 0.418 e. The first-order valence-electron chi connectivity index (χ1n) is 10.4. The van der Waals surface area contributed by atoms with Gasteiger partial charge in [0.1, 0.15) is 0 Å². The predicted molar refractivity (Wildman–Crippen MR) is 106 cm³/mol. The number of alkyl halides is 3. The summed E-state index contributed by atoms with van der Waals surface area (Å²) in [6, 6.07) is 4.81. The van der Waals surface area contributed by atoms with Crippen LogP contribution >= 0.6 is 10.3 Å². The van der Waals surface area contributed by atoms with Crippen molar-refractivity contribution in [3.63, 3.8) is 0 Å². The minimum absolute atomic E-state index is 0.0431. The number of carbonyl (C=O) groups is 2. The van der Waals surface area contributed by atoms with E-state index in [0.29, 0.717) is 17.8 Å². The van der Waals surface area contributed by atoms with Gasteiger partial charge in [-0.1, -0.05) is 6.07 Å². The Kier molecular flexibility index (Phi) is 4.54. The molecule has 0 aromatic heterocycles. The second-order valence-electron chi connectivity index (χ2n) is 9.42. The summed E-state index contributed by atoms with van der Waals surface area (Å²) in [4.78, 5) is 25.2. The molecule has 4 bridgehead atoms. The first-order valence-corrected chi connectivity index (χ1v) is 12.3. The summed E-state index contributed by atoms with van der Waals surface area (Å²) in [6.45, 7) is 0. The van der Waals surface area contributed by atoms with Crippen LogP contribution in [-0.4, -0.2) is 29.2 Å².